The summed E-state index contributed by atoms with van der Waals surface area (Å²) in [6.45, 7) is 1.75. The van der Waals surface area contributed by atoms with Gasteiger partial charge in [0.1, 0.15) is 11.6 Å². The first-order valence-corrected chi connectivity index (χ1v) is 8.52. The fraction of sp³-hybridized carbons (Fsp3) is 0.333. The van der Waals surface area contributed by atoms with Crippen LogP contribution in [0.15, 0.2) is 36.5 Å². The second-order valence-electron chi connectivity index (χ2n) is 6.20. The number of hydrogen-bond acceptors (Lipinski definition) is 4. The van der Waals surface area contributed by atoms with Crippen molar-refractivity contribution in [2.75, 3.05) is 29.9 Å². The van der Waals surface area contributed by atoms with E-state index in [1.54, 1.807) is 18.2 Å². The molecule has 2 N–H and O–H groups in total. The van der Waals surface area contributed by atoms with E-state index in [0.717, 1.165) is 31.6 Å². The van der Waals surface area contributed by atoms with Gasteiger partial charge >= 0.3 is 0 Å². The third-order valence-corrected chi connectivity index (χ3v) is 4.92. The maximum atomic E-state index is 13.1. The number of nitrogens with zero attached hydrogens (tertiary/aromatic N) is 3. The average Bonchev–Trinajstić information content (AvgIpc) is 2.62. The van der Waals surface area contributed by atoms with Gasteiger partial charge in [-0.25, -0.2) is 9.37 Å². The summed E-state index contributed by atoms with van der Waals surface area (Å²) in [5, 5.41) is 0.416. The zero-order chi connectivity index (χ0) is 18.0. The van der Waals surface area contributed by atoms with Crippen LogP contribution in [0.5, 0.6) is 0 Å². The topological polar surface area (TPSA) is 62.5 Å². The number of aromatic nitrogens is 1. The Morgan fingerprint density at radius 3 is 2.52 bits per heavy atom. The molecule has 0 bridgehead atoms. The van der Waals surface area contributed by atoms with E-state index in [1.807, 2.05) is 7.05 Å². The predicted octanol–water partition coefficient (Wildman–Crippen LogP) is 3.08. The number of carbonyl (C=O) groups excluding carboxylic acids is 1. The molecule has 1 fully saturated rings. The number of primary amides is 1. The predicted molar refractivity (Wildman–Crippen MR) is 97.8 cm³/mol. The van der Waals surface area contributed by atoms with Gasteiger partial charge in [0, 0.05) is 38.1 Å². The normalized spacial score (nSPS) is 15.2. The highest BCUT2D eigenvalue weighted by molar-refractivity contribution is 6.33. The molecule has 0 atom stereocenters. The van der Waals surface area contributed by atoms with Gasteiger partial charge in [-0.3, -0.25) is 4.79 Å². The van der Waals surface area contributed by atoms with E-state index < -0.39 is 5.91 Å². The number of anilines is 2. The van der Waals surface area contributed by atoms with Gasteiger partial charge in [-0.15, -0.1) is 0 Å². The molecule has 0 unspecified atom stereocenters. The lowest BCUT2D eigenvalue weighted by atomic mass is 10.0. The lowest BCUT2D eigenvalue weighted by Crippen LogP contribution is -2.44. The maximum absolute atomic E-state index is 13.1. The Labute approximate surface area is 151 Å². The smallest absolute Gasteiger partial charge is 0.250 e. The molecule has 1 aromatic heterocycles. The van der Waals surface area contributed by atoms with Crippen LogP contribution < -0.4 is 15.5 Å². The highest BCUT2D eigenvalue weighted by Crippen LogP contribution is 2.29. The lowest BCUT2D eigenvalue weighted by Gasteiger charge is -2.38. The van der Waals surface area contributed by atoms with Crippen LogP contribution in [0, 0.1) is 5.82 Å². The van der Waals surface area contributed by atoms with Crippen LogP contribution in [0.4, 0.5) is 15.9 Å². The molecule has 1 amide bonds. The van der Waals surface area contributed by atoms with Gasteiger partial charge in [0.15, 0.2) is 0 Å². The average molecular weight is 363 g/mol. The molecule has 1 aromatic carbocycles. The highest BCUT2D eigenvalue weighted by Gasteiger charge is 2.25. The Kier molecular flexibility index (Phi) is 5.08. The van der Waals surface area contributed by atoms with E-state index in [2.05, 4.69) is 14.8 Å². The molecule has 1 aliphatic heterocycles. The fourth-order valence-electron chi connectivity index (χ4n) is 3.16. The quantitative estimate of drug-likeness (QED) is 0.907. The third-order valence-electron chi connectivity index (χ3n) is 4.64. The molecule has 1 saturated heterocycles. The first-order valence-electron chi connectivity index (χ1n) is 8.14. The molecule has 132 valence electrons. The Morgan fingerprint density at radius 1 is 1.32 bits per heavy atom. The van der Waals surface area contributed by atoms with E-state index in [0.29, 0.717) is 22.4 Å². The summed E-state index contributed by atoms with van der Waals surface area (Å²) in [6.07, 6.45) is 3.32. The molecule has 2 heterocycles. The Hall–Kier alpha value is -2.34. The van der Waals surface area contributed by atoms with Crippen molar-refractivity contribution < 1.29 is 9.18 Å². The summed E-state index contributed by atoms with van der Waals surface area (Å²) in [4.78, 5) is 19.8. The molecular formula is C18H20ClFN4O. The maximum Gasteiger partial charge on any atom is 0.250 e. The minimum Gasteiger partial charge on any atom is -0.371 e. The number of amides is 1. The lowest BCUT2D eigenvalue weighted by molar-refractivity contribution is 0.1000. The molecule has 0 saturated carbocycles. The number of piperidine rings is 1. The van der Waals surface area contributed by atoms with Crippen molar-refractivity contribution in [3.05, 3.63) is 52.9 Å². The number of rotatable bonds is 4. The van der Waals surface area contributed by atoms with Gasteiger partial charge in [-0.05, 0) is 43.2 Å². The standard InChI is InChI=1S/C18H20ClFN4O/c1-23(18-16(19)10-12(11-22-18)17(21)25)14-6-8-24(9-7-14)15-4-2-13(20)3-5-15/h2-5,10-11,14H,6-9H2,1H3,(H2,21,25). The summed E-state index contributed by atoms with van der Waals surface area (Å²) in [6, 6.07) is 8.42. The Balaban J connectivity index is 1.66. The molecule has 0 radical (unpaired) electrons. The molecule has 25 heavy (non-hydrogen) atoms. The zero-order valence-electron chi connectivity index (χ0n) is 14.0. The molecule has 7 heteroatoms. The molecule has 5 nitrogen and oxygen atoms in total. The number of pyridine rings is 1. The van der Waals surface area contributed by atoms with E-state index in [9.17, 15) is 9.18 Å². The van der Waals surface area contributed by atoms with Crippen molar-refractivity contribution >= 4 is 29.0 Å². The summed E-state index contributed by atoms with van der Waals surface area (Å²) in [5.74, 6) is -0.124. The molecule has 3 rings (SSSR count). The largest absolute Gasteiger partial charge is 0.371 e. The highest BCUT2D eigenvalue weighted by atomic mass is 35.5. The van der Waals surface area contributed by atoms with Crippen LogP contribution in [0.25, 0.3) is 0 Å². The number of halogens is 2. The second kappa shape index (κ2) is 7.27. The van der Waals surface area contributed by atoms with Crippen LogP contribution in [-0.2, 0) is 0 Å². The number of nitrogens with two attached hydrogens (primary N) is 1. The van der Waals surface area contributed by atoms with Crippen LogP contribution in [0.3, 0.4) is 0 Å². The zero-order valence-corrected chi connectivity index (χ0v) is 14.7. The Morgan fingerprint density at radius 2 is 1.96 bits per heavy atom. The Bertz CT molecular complexity index is 760. The van der Waals surface area contributed by atoms with Gasteiger partial charge in [0.2, 0.25) is 5.91 Å². The SMILES string of the molecule is CN(c1ncc(C(N)=O)cc1Cl)C1CCN(c2ccc(F)cc2)CC1. The third kappa shape index (κ3) is 3.85. The van der Waals surface area contributed by atoms with E-state index in [1.165, 1.54) is 18.3 Å². The van der Waals surface area contributed by atoms with Crippen molar-refractivity contribution in [1.29, 1.82) is 0 Å². The first kappa shape index (κ1) is 17.5. The second-order valence-corrected chi connectivity index (χ2v) is 6.61. The van der Waals surface area contributed by atoms with E-state index >= 15 is 0 Å². The molecule has 2 aromatic rings. The van der Waals surface area contributed by atoms with Gasteiger partial charge < -0.3 is 15.5 Å². The van der Waals surface area contributed by atoms with Crippen molar-refractivity contribution in [1.82, 2.24) is 4.98 Å². The summed E-state index contributed by atoms with van der Waals surface area (Å²) in [7, 11) is 1.95. The van der Waals surface area contributed by atoms with Crippen LogP contribution in [-0.4, -0.2) is 37.1 Å². The molecule has 1 aliphatic rings. The van der Waals surface area contributed by atoms with Gasteiger partial charge in [0.25, 0.3) is 0 Å². The van der Waals surface area contributed by atoms with E-state index in [4.69, 9.17) is 17.3 Å². The number of benzene rings is 1. The summed E-state index contributed by atoms with van der Waals surface area (Å²) >= 11 is 6.27. The molecular weight excluding hydrogens is 343 g/mol. The van der Waals surface area contributed by atoms with Gasteiger partial charge in [-0.2, -0.15) is 0 Å². The number of hydrogen-bond donors (Lipinski definition) is 1. The van der Waals surface area contributed by atoms with E-state index in [-0.39, 0.29) is 5.82 Å². The molecule has 0 aliphatic carbocycles. The van der Waals surface area contributed by atoms with Crippen LogP contribution in [0.2, 0.25) is 5.02 Å². The van der Waals surface area contributed by atoms with Crippen molar-refractivity contribution in [2.24, 2.45) is 5.73 Å². The van der Waals surface area contributed by atoms with Gasteiger partial charge in [-0.1, -0.05) is 11.6 Å². The minimum atomic E-state index is -0.545. The van der Waals surface area contributed by atoms with Crippen LogP contribution in [0.1, 0.15) is 23.2 Å². The van der Waals surface area contributed by atoms with Crippen LogP contribution >= 0.6 is 11.6 Å². The summed E-state index contributed by atoms with van der Waals surface area (Å²) in [5.41, 5.74) is 6.58. The number of carbonyl (C=O) groups is 1. The molecule has 0 spiro atoms. The minimum absolute atomic E-state index is 0.224. The van der Waals surface area contributed by atoms with Crippen molar-refractivity contribution in [3.8, 4) is 0 Å². The monoisotopic (exact) mass is 362 g/mol. The van der Waals surface area contributed by atoms with Gasteiger partial charge in [0.05, 0.1) is 10.6 Å². The first-order chi connectivity index (χ1) is 12.0. The van der Waals surface area contributed by atoms with Crippen molar-refractivity contribution in [3.63, 3.8) is 0 Å². The summed E-state index contributed by atoms with van der Waals surface area (Å²) < 4.78 is 13.1. The van der Waals surface area contributed by atoms with Crippen molar-refractivity contribution in [2.45, 2.75) is 18.9 Å². The fourth-order valence-corrected chi connectivity index (χ4v) is 3.46.